The quantitative estimate of drug-likeness (QED) is 0.722. The molecule has 0 aliphatic rings. The molecule has 0 amide bonds. The van der Waals surface area contributed by atoms with Crippen LogP contribution in [0.25, 0.3) is 0 Å². The first-order valence-electron chi connectivity index (χ1n) is 5.63. The second-order valence-corrected chi connectivity index (χ2v) is 4.03. The Hall–Kier alpha value is -0.910. The van der Waals surface area contributed by atoms with E-state index < -0.39 is 0 Å². The van der Waals surface area contributed by atoms with Gasteiger partial charge in [0.25, 0.3) is 0 Å². The number of aryl methyl sites for hydroxylation is 1. The van der Waals surface area contributed by atoms with Crippen molar-refractivity contribution in [3.8, 4) is 0 Å². The minimum absolute atomic E-state index is 0.117. The Labute approximate surface area is 97.2 Å². The number of hydrogen-bond donors (Lipinski definition) is 1. The van der Waals surface area contributed by atoms with E-state index in [9.17, 15) is 0 Å². The average molecular weight is 226 g/mol. The summed E-state index contributed by atoms with van der Waals surface area (Å²) >= 11 is 0. The molecular formula is C11H22N4O. The van der Waals surface area contributed by atoms with Crippen LogP contribution in [0.4, 0.5) is 0 Å². The van der Waals surface area contributed by atoms with E-state index in [1.807, 2.05) is 31.0 Å². The van der Waals surface area contributed by atoms with E-state index in [1.54, 1.807) is 0 Å². The van der Waals surface area contributed by atoms with Crippen molar-refractivity contribution in [2.24, 2.45) is 12.8 Å². The van der Waals surface area contributed by atoms with Gasteiger partial charge in [0.2, 0.25) is 0 Å². The van der Waals surface area contributed by atoms with Gasteiger partial charge in [-0.3, -0.25) is 9.58 Å². The summed E-state index contributed by atoms with van der Waals surface area (Å²) in [5.41, 5.74) is 6.84. The molecule has 5 heteroatoms. The highest BCUT2D eigenvalue weighted by Crippen LogP contribution is 2.02. The molecule has 0 spiro atoms. The van der Waals surface area contributed by atoms with Gasteiger partial charge in [-0.25, -0.2) is 0 Å². The van der Waals surface area contributed by atoms with E-state index in [1.165, 1.54) is 5.56 Å². The number of hydrogen-bond acceptors (Lipinski definition) is 4. The molecule has 1 rings (SSSR count). The fourth-order valence-corrected chi connectivity index (χ4v) is 1.71. The summed E-state index contributed by atoms with van der Waals surface area (Å²) in [5, 5.41) is 4.14. The van der Waals surface area contributed by atoms with Crippen molar-refractivity contribution in [1.82, 2.24) is 14.7 Å². The van der Waals surface area contributed by atoms with E-state index in [0.29, 0.717) is 13.2 Å². The first kappa shape index (κ1) is 13.2. The van der Waals surface area contributed by atoms with Crippen molar-refractivity contribution in [2.75, 3.05) is 26.7 Å². The molecule has 0 aliphatic carbocycles. The summed E-state index contributed by atoms with van der Waals surface area (Å²) in [6.07, 6.45) is 4.02. The van der Waals surface area contributed by atoms with E-state index in [0.717, 1.165) is 13.1 Å². The molecule has 2 N–H and O–H groups in total. The third kappa shape index (κ3) is 4.30. The molecule has 1 aromatic rings. The predicted octanol–water partition coefficient (Wildman–Crippen LogP) is 0.216. The van der Waals surface area contributed by atoms with Crippen LogP contribution in [0.15, 0.2) is 12.4 Å². The van der Waals surface area contributed by atoms with Crippen LogP contribution in [-0.2, 0) is 18.3 Å². The van der Waals surface area contributed by atoms with Crippen LogP contribution >= 0.6 is 0 Å². The molecule has 16 heavy (non-hydrogen) atoms. The zero-order valence-electron chi connectivity index (χ0n) is 10.4. The molecule has 1 atom stereocenters. The normalized spacial score (nSPS) is 13.3. The van der Waals surface area contributed by atoms with Crippen molar-refractivity contribution in [3.63, 3.8) is 0 Å². The third-order valence-electron chi connectivity index (χ3n) is 2.39. The topological polar surface area (TPSA) is 56.3 Å². The number of rotatable bonds is 7. The van der Waals surface area contributed by atoms with Crippen LogP contribution in [0.3, 0.4) is 0 Å². The SMILES string of the molecule is CCOC(CN)CN(C)Cc1cnn(C)c1. The zero-order chi connectivity index (χ0) is 12.0. The second kappa shape index (κ2) is 6.62. The Morgan fingerprint density at radius 1 is 1.62 bits per heavy atom. The van der Waals surface area contributed by atoms with Crippen LogP contribution in [0, 0.1) is 0 Å². The van der Waals surface area contributed by atoms with Crippen LogP contribution < -0.4 is 5.73 Å². The van der Waals surface area contributed by atoms with Gasteiger partial charge in [-0.1, -0.05) is 0 Å². The van der Waals surface area contributed by atoms with Crippen molar-refractivity contribution >= 4 is 0 Å². The summed E-state index contributed by atoms with van der Waals surface area (Å²) < 4.78 is 7.33. The van der Waals surface area contributed by atoms with Crippen molar-refractivity contribution in [3.05, 3.63) is 18.0 Å². The molecule has 0 saturated heterocycles. The highest BCUT2D eigenvalue weighted by molar-refractivity contribution is 5.02. The summed E-state index contributed by atoms with van der Waals surface area (Å²) in [7, 11) is 3.99. The lowest BCUT2D eigenvalue weighted by Crippen LogP contribution is -2.36. The first-order chi connectivity index (χ1) is 7.65. The summed E-state index contributed by atoms with van der Waals surface area (Å²) in [4.78, 5) is 2.20. The molecule has 1 unspecified atom stereocenters. The van der Waals surface area contributed by atoms with Gasteiger partial charge < -0.3 is 10.5 Å². The number of likely N-dealkylation sites (N-methyl/N-ethyl adjacent to an activating group) is 1. The molecule has 1 heterocycles. The van der Waals surface area contributed by atoms with Crippen molar-refractivity contribution in [2.45, 2.75) is 19.6 Å². The third-order valence-corrected chi connectivity index (χ3v) is 2.39. The van der Waals surface area contributed by atoms with Crippen LogP contribution in [0.2, 0.25) is 0 Å². The lowest BCUT2D eigenvalue weighted by Gasteiger charge is -2.22. The molecule has 0 fully saturated rings. The van der Waals surface area contributed by atoms with Gasteiger partial charge in [-0.2, -0.15) is 5.10 Å². The molecule has 0 bridgehead atoms. The summed E-state index contributed by atoms with van der Waals surface area (Å²) in [5.74, 6) is 0. The molecule has 5 nitrogen and oxygen atoms in total. The minimum atomic E-state index is 0.117. The van der Waals surface area contributed by atoms with E-state index in [-0.39, 0.29) is 6.10 Å². The maximum Gasteiger partial charge on any atom is 0.0823 e. The Morgan fingerprint density at radius 3 is 2.88 bits per heavy atom. The van der Waals surface area contributed by atoms with Gasteiger partial charge in [0.05, 0.1) is 12.3 Å². The van der Waals surface area contributed by atoms with Gasteiger partial charge >= 0.3 is 0 Å². The predicted molar refractivity (Wildman–Crippen MR) is 64.0 cm³/mol. The summed E-state index contributed by atoms with van der Waals surface area (Å²) in [6.45, 7) is 4.98. The van der Waals surface area contributed by atoms with Crippen molar-refractivity contribution in [1.29, 1.82) is 0 Å². The molecule has 0 saturated carbocycles. The highest BCUT2D eigenvalue weighted by atomic mass is 16.5. The second-order valence-electron chi connectivity index (χ2n) is 4.03. The molecule has 92 valence electrons. The zero-order valence-corrected chi connectivity index (χ0v) is 10.4. The number of nitrogens with zero attached hydrogens (tertiary/aromatic N) is 3. The van der Waals surface area contributed by atoms with Crippen LogP contribution in [0.5, 0.6) is 0 Å². The average Bonchev–Trinajstić information content (AvgIpc) is 2.63. The maximum atomic E-state index is 5.64. The van der Waals surface area contributed by atoms with E-state index in [2.05, 4.69) is 17.0 Å². The lowest BCUT2D eigenvalue weighted by atomic mass is 10.3. The molecule has 0 aromatic carbocycles. The van der Waals surface area contributed by atoms with Gasteiger partial charge in [0, 0.05) is 45.0 Å². The van der Waals surface area contributed by atoms with Gasteiger partial charge in [0.1, 0.15) is 0 Å². The lowest BCUT2D eigenvalue weighted by molar-refractivity contribution is 0.0437. The maximum absolute atomic E-state index is 5.64. The Morgan fingerprint density at radius 2 is 2.38 bits per heavy atom. The van der Waals surface area contributed by atoms with E-state index >= 15 is 0 Å². The summed E-state index contributed by atoms with van der Waals surface area (Å²) in [6, 6.07) is 0. The largest absolute Gasteiger partial charge is 0.376 e. The molecule has 0 radical (unpaired) electrons. The van der Waals surface area contributed by atoms with Crippen LogP contribution in [-0.4, -0.2) is 47.5 Å². The fourth-order valence-electron chi connectivity index (χ4n) is 1.71. The number of nitrogens with two attached hydrogens (primary N) is 1. The van der Waals surface area contributed by atoms with Gasteiger partial charge in [0.15, 0.2) is 0 Å². The van der Waals surface area contributed by atoms with E-state index in [4.69, 9.17) is 10.5 Å². The Bertz CT molecular complexity index is 300. The van der Waals surface area contributed by atoms with Gasteiger partial charge in [-0.05, 0) is 14.0 Å². The number of ether oxygens (including phenoxy) is 1. The monoisotopic (exact) mass is 226 g/mol. The molecular weight excluding hydrogens is 204 g/mol. The van der Waals surface area contributed by atoms with Gasteiger partial charge in [-0.15, -0.1) is 0 Å². The Kier molecular flexibility index (Phi) is 5.45. The standard InChI is InChI=1S/C11H22N4O/c1-4-16-11(5-12)9-14(2)7-10-6-13-15(3)8-10/h6,8,11H,4-5,7,9,12H2,1-3H3. The van der Waals surface area contributed by atoms with Crippen LogP contribution in [0.1, 0.15) is 12.5 Å². The highest BCUT2D eigenvalue weighted by Gasteiger charge is 2.10. The number of aromatic nitrogens is 2. The fraction of sp³-hybridized carbons (Fsp3) is 0.727. The first-order valence-corrected chi connectivity index (χ1v) is 5.63. The van der Waals surface area contributed by atoms with Crippen molar-refractivity contribution < 1.29 is 4.74 Å². The molecule has 1 aromatic heterocycles. The molecule has 0 aliphatic heterocycles. The smallest absolute Gasteiger partial charge is 0.0823 e. The minimum Gasteiger partial charge on any atom is -0.376 e. The Balaban J connectivity index is 2.37.